The summed E-state index contributed by atoms with van der Waals surface area (Å²) in [5.41, 5.74) is 0.185. The average Bonchev–Trinajstić information content (AvgIpc) is 2.27. The van der Waals surface area contributed by atoms with E-state index in [4.69, 9.17) is 9.84 Å². The van der Waals surface area contributed by atoms with Crippen molar-refractivity contribution in [2.75, 3.05) is 6.61 Å². The Balaban J connectivity index is 3.99. The molecule has 0 aromatic rings. The molecule has 1 unspecified atom stereocenters. The first kappa shape index (κ1) is 15.2. The van der Waals surface area contributed by atoms with Gasteiger partial charge in [-0.25, -0.2) is 4.79 Å². The van der Waals surface area contributed by atoms with E-state index in [1.165, 1.54) is 12.8 Å². The van der Waals surface area contributed by atoms with Crippen molar-refractivity contribution in [3.05, 3.63) is 12.2 Å². The Hall–Kier alpha value is -0.830. The van der Waals surface area contributed by atoms with Crippen LogP contribution in [0, 0.1) is 0 Å². The Bertz CT molecular complexity index is 211. The van der Waals surface area contributed by atoms with Crippen molar-refractivity contribution in [3.8, 4) is 0 Å². The molecule has 0 saturated carbocycles. The van der Waals surface area contributed by atoms with E-state index in [1.807, 2.05) is 6.92 Å². The Labute approximate surface area is 98.5 Å². The summed E-state index contributed by atoms with van der Waals surface area (Å²) in [7, 11) is 0. The van der Waals surface area contributed by atoms with E-state index in [0.717, 1.165) is 25.7 Å². The quantitative estimate of drug-likeness (QED) is 0.460. The molecule has 3 heteroatoms. The smallest absolute Gasteiger partial charge is 0.333 e. The van der Waals surface area contributed by atoms with Gasteiger partial charge < -0.3 is 9.84 Å². The summed E-state index contributed by atoms with van der Waals surface area (Å²) in [5.74, 6) is -0.948. The van der Waals surface area contributed by atoms with Gasteiger partial charge in [0.2, 0.25) is 0 Å². The maximum absolute atomic E-state index is 10.8. The molecule has 0 saturated heterocycles. The third-order valence-electron chi connectivity index (χ3n) is 2.51. The summed E-state index contributed by atoms with van der Waals surface area (Å²) in [4.78, 5) is 10.8. The van der Waals surface area contributed by atoms with Crippen LogP contribution in [-0.2, 0) is 9.53 Å². The van der Waals surface area contributed by atoms with E-state index in [2.05, 4.69) is 13.5 Å². The molecular weight excluding hydrogens is 204 g/mol. The van der Waals surface area contributed by atoms with Crippen LogP contribution in [0.2, 0.25) is 0 Å². The van der Waals surface area contributed by atoms with Crippen molar-refractivity contribution in [2.24, 2.45) is 0 Å². The van der Waals surface area contributed by atoms with Gasteiger partial charge in [0.05, 0.1) is 11.7 Å². The molecule has 1 N–H and O–H groups in total. The van der Waals surface area contributed by atoms with Crippen LogP contribution >= 0.6 is 0 Å². The van der Waals surface area contributed by atoms with E-state index in [9.17, 15) is 4.79 Å². The van der Waals surface area contributed by atoms with E-state index >= 15 is 0 Å². The van der Waals surface area contributed by atoms with Crippen LogP contribution in [-0.4, -0.2) is 23.8 Å². The number of hydrogen-bond donors (Lipinski definition) is 1. The molecule has 3 nitrogen and oxygen atoms in total. The first-order valence-corrected chi connectivity index (χ1v) is 6.17. The van der Waals surface area contributed by atoms with Crippen molar-refractivity contribution >= 4 is 5.97 Å². The van der Waals surface area contributed by atoms with Crippen molar-refractivity contribution in [1.29, 1.82) is 0 Å². The van der Waals surface area contributed by atoms with Crippen molar-refractivity contribution < 1.29 is 14.6 Å². The summed E-state index contributed by atoms with van der Waals surface area (Å²) in [6.07, 6.45) is 5.88. The van der Waals surface area contributed by atoms with Gasteiger partial charge in [-0.05, 0) is 12.8 Å². The second kappa shape index (κ2) is 9.40. The van der Waals surface area contributed by atoms with Crippen molar-refractivity contribution in [3.63, 3.8) is 0 Å². The lowest BCUT2D eigenvalue weighted by Gasteiger charge is -2.17. The Morgan fingerprint density at radius 1 is 1.25 bits per heavy atom. The van der Waals surface area contributed by atoms with Crippen LogP contribution in [0.3, 0.4) is 0 Å². The second-order valence-corrected chi connectivity index (χ2v) is 4.04. The van der Waals surface area contributed by atoms with Gasteiger partial charge in [-0.1, -0.05) is 46.1 Å². The average molecular weight is 228 g/mol. The van der Waals surface area contributed by atoms with Gasteiger partial charge >= 0.3 is 5.97 Å². The van der Waals surface area contributed by atoms with E-state index in [-0.39, 0.29) is 11.7 Å². The predicted octanol–water partition coefficient (Wildman–Crippen LogP) is 3.39. The maximum atomic E-state index is 10.8. The minimum absolute atomic E-state index is 0.185. The van der Waals surface area contributed by atoms with Gasteiger partial charge in [-0.3, -0.25) is 0 Å². The molecule has 0 rings (SSSR count). The fourth-order valence-electron chi connectivity index (χ4n) is 1.51. The fourth-order valence-corrected chi connectivity index (χ4v) is 1.51. The van der Waals surface area contributed by atoms with Crippen LogP contribution in [0.4, 0.5) is 0 Å². The zero-order valence-electron chi connectivity index (χ0n) is 10.5. The Morgan fingerprint density at radius 3 is 2.44 bits per heavy atom. The summed E-state index contributed by atoms with van der Waals surface area (Å²) < 4.78 is 5.51. The number of carbonyl (C=O) groups is 1. The van der Waals surface area contributed by atoms with Crippen molar-refractivity contribution in [2.45, 2.75) is 58.5 Å². The molecule has 0 bridgehead atoms. The van der Waals surface area contributed by atoms with Crippen LogP contribution in [0.1, 0.15) is 52.4 Å². The van der Waals surface area contributed by atoms with Gasteiger partial charge in [0.1, 0.15) is 0 Å². The third-order valence-corrected chi connectivity index (χ3v) is 2.51. The van der Waals surface area contributed by atoms with Gasteiger partial charge in [-0.15, -0.1) is 0 Å². The molecule has 0 radical (unpaired) electrons. The van der Waals surface area contributed by atoms with E-state index in [1.54, 1.807) is 0 Å². The summed E-state index contributed by atoms with van der Waals surface area (Å²) in [6.45, 7) is 8.35. The minimum atomic E-state index is -0.948. The lowest BCUT2D eigenvalue weighted by Crippen LogP contribution is -2.21. The molecule has 0 amide bonds. The van der Waals surface area contributed by atoms with Crippen LogP contribution in [0.25, 0.3) is 0 Å². The third kappa shape index (κ3) is 6.62. The summed E-state index contributed by atoms with van der Waals surface area (Å²) >= 11 is 0. The second-order valence-electron chi connectivity index (χ2n) is 4.04. The highest BCUT2D eigenvalue weighted by Crippen LogP contribution is 2.15. The number of carboxylic acids is 1. The number of aliphatic carboxylic acids is 1. The molecule has 0 fully saturated rings. The predicted molar refractivity (Wildman–Crippen MR) is 65.6 cm³/mol. The lowest BCUT2D eigenvalue weighted by atomic mass is 10.0. The topological polar surface area (TPSA) is 46.5 Å². The highest BCUT2D eigenvalue weighted by Gasteiger charge is 2.18. The van der Waals surface area contributed by atoms with Crippen LogP contribution in [0.5, 0.6) is 0 Å². The van der Waals surface area contributed by atoms with Gasteiger partial charge in [0.25, 0.3) is 0 Å². The molecular formula is C13H24O3. The molecule has 0 spiro atoms. The Morgan fingerprint density at radius 2 is 1.94 bits per heavy atom. The summed E-state index contributed by atoms with van der Waals surface area (Å²) in [6, 6.07) is 0. The Kier molecular flexibility index (Phi) is 8.91. The molecule has 0 aromatic heterocycles. The SMILES string of the molecule is C=C(C(=O)O)C(CCCCCC)OCCC. The number of carboxylic acid groups (broad SMARTS) is 1. The highest BCUT2D eigenvalue weighted by molar-refractivity contribution is 5.86. The van der Waals surface area contributed by atoms with Crippen LogP contribution in [0.15, 0.2) is 12.2 Å². The zero-order valence-corrected chi connectivity index (χ0v) is 10.5. The highest BCUT2D eigenvalue weighted by atomic mass is 16.5. The largest absolute Gasteiger partial charge is 0.478 e. The van der Waals surface area contributed by atoms with E-state index in [0.29, 0.717) is 6.61 Å². The molecule has 1 atom stereocenters. The minimum Gasteiger partial charge on any atom is -0.478 e. The zero-order chi connectivity index (χ0) is 12.4. The number of ether oxygens (including phenoxy) is 1. The van der Waals surface area contributed by atoms with Crippen molar-refractivity contribution in [1.82, 2.24) is 0 Å². The number of unbranched alkanes of at least 4 members (excludes halogenated alkanes) is 3. The first-order valence-electron chi connectivity index (χ1n) is 6.17. The lowest BCUT2D eigenvalue weighted by molar-refractivity contribution is -0.134. The normalized spacial score (nSPS) is 12.4. The van der Waals surface area contributed by atoms with Gasteiger partial charge in [0.15, 0.2) is 0 Å². The number of rotatable bonds is 10. The number of hydrogen-bond acceptors (Lipinski definition) is 2. The molecule has 0 aliphatic rings. The molecule has 0 heterocycles. The molecule has 16 heavy (non-hydrogen) atoms. The molecule has 94 valence electrons. The van der Waals surface area contributed by atoms with Gasteiger partial charge in [-0.2, -0.15) is 0 Å². The van der Waals surface area contributed by atoms with Gasteiger partial charge in [0, 0.05) is 6.61 Å². The standard InChI is InChI=1S/C13H24O3/c1-4-6-7-8-9-12(16-10-5-2)11(3)13(14)15/h12H,3-10H2,1-2H3,(H,14,15). The van der Waals surface area contributed by atoms with E-state index < -0.39 is 5.97 Å². The molecule has 0 aliphatic heterocycles. The monoisotopic (exact) mass is 228 g/mol. The molecule has 0 aromatic carbocycles. The maximum Gasteiger partial charge on any atom is 0.333 e. The van der Waals surface area contributed by atoms with Crippen LogP contribution < -0.4 is 0 Å². The summed E-state index contributed by atoms with van der Waals surface area (Å²) in [5, 5.41) is 8.87. The first-order chi connectivity index (χ1) is 7.63. The fraction of sp³-hybridized carbons (Fsp3) is 0.769. The molecule has 0 aliphatic carbocycles.